The Hall–Kier alpha value is -4.38. The molecule has 0 saturated carbocycles. The summed E-state index contributed by atoms with van der Waals surface area (Å²) in [6, 6.07) is 9.54. The van der Waals surface area contributed by atoms with E-state index in [9.17, 15) is 29.4 Å². The quantitative estimate of drug-likeness (QED) is 0.168. The van der Waals surface area contributed by atoms with Crippen LogP contribution in [0.2, 0.25) is 0 Å². The largest absolute Gasteiger partial charge is 0.508 e. The van der Waals surface area contributed by atoms with Gasteiger partial charge < -0.3 is 36.9 Å². The number of H-pyrrole nitrogens is 1. The van der Waals surface area contributed by atoms with Crippen molar-refractivity contribution in [2.45, 2.75) is 64.2 Å². The van der Waals surface area contributed by atoms with Crippen molar-refractivity contribution in [2.75, 3.05) is 0 Å². The van der Waals surface area contributed by atoms with Gasteiger partial charge in [0.25, 0.3) is 0 Å². The number of hydrogen-bond acceptors (Lipinski definition) is 6. The first-order valence-electron chi connectivity index (χ1n) is 13.2. The molecule has 4 unspecified atom stereocenters. The minimum Gasteiger partial charge on any atom is -0.508 e. The number of para-hydroxylation sites is 1. The molecule has 0 spiro atoms. The summed E-state index contributed by atoms with van der Waals surface area (Å²) < 4.78 is 0. The fourth-order valence-corrected chi connectivity index (χ4v) is 4.34. The highest BCUT2D eigenvalue weighted by atomic mass is 16.4. The molecule has 0 radical (unpaired) electrons. The Morgan fingerprint density at radius 3 is 2.12 bits per heavy atom. The number of nitrogens with two attached hydrogens (primary N) is 1. The van der Waals surface area contributed by atoms with E-state index in [4.69, 9.17) is 5.73 Å². The van der Waals surface area contributed by atoms with E-state index in [0.29, 0.717) is 5.56 Å². The maximum atomic E-state index is 13.4. The molecule has 0 aliphatic carbocycles. The van der Waals surface area contributed by atoms with Crippen molar-refractivity contribution in [1.29, 1.82) is 0 Å². The summed E-state index contributed by atoms with van der Waals surface area (Å²) in [5, 5.41) is 27.5. The number of carboxylic acids is 1. The summed E-state index contributed by atoms with van der Waals surface area (Å²) in [4.78, 5) is 53.9. The second-order valence-corrected chi connectivity index (χ2v) is 10.4. The Balaban J connectivity index is 1.74. The topological polar surface area (TPSA) is 187 Å². The van der Waals surface area contributed by atoms with Gasteiger partial charge in [-0.05, 0) is 55.0 Å². The van der Waals surface area contributed by atoms with Crippen LogP contribution < -0.4 is 21.7 Å². The van der Waals surface area contributed by atoms with E-state index in [-0.39, 0.29) is 30.9 Å². The molecule has 214 valence electrons. The molecule has 0 aliphatic rings. The molecule has 4 atom stereocenters. The summed E-state index contributed by atoms with van der Waals surface area (Å²) in [5.41, 5.74) is 8.66. The average Bonchev–Trinajstić information content (AvgIpc) is 3.31. The third-order valence-electron chi connectivity index (χ3n) is 6.53. The van der Waals surface area contributed by atoms with Gasteiger partial charge in [0.1, 0.15) is 23.9 Å². The van der Waals surface area contributed by atoms with Gasteiger partial charge in [0.05, 0.1) is 6.04 Å². The molecule has 0 bridgehead atoms. The molecule has 3 amide bonds. The van der Waals surface area contributed by atoms with E-state index >= 15 is 0 Å². The minimum atomic E-state index is -1.22. The lowest BCUT2D eigenvalue weighted by molar-refractivity contribution is -0.141. The molecule has 11 nitrogen and oxygen atoms in total. The van der Waals surface area contributed by atoms with Crippen molar-refractivity contribution in [3.8, 4) is 5.75 Å². The van der Waals surface area contributed by atoms with Crippen LogP contribution in [0.15, 0.2) is 54.7 Å². The first-order chi connectivity index (χ1) is 18.9. The number of aromatic hydroxyl groups is 1. The molecule has 8 N–H and O–H groups in total. The number of carboxylic acid groups (broad SMARTS) is 1. The number of carbonyl (C=O) groups excluding carboxylic acids is 3. The van der Waals surface area contributed by atoms with E-state index in [2.05, 4.69) is 20.9 Å². The molecule has 1 heterocycles. The lowest BCUT2D eigenvalue weighted by atomic mass is 9.99. The zero-order valence-corrected chi connectivity index (χ0v) is 22.8. The summed E-state index contributed by atoms with van der Waals surface area (Å²) in [7, 11) is 0. The predicted octanol–water partition coefficient (Wildman–Crippen LogP) is 1.59. The number of aromatic nitrogens is 1. The van der Waals surface area contributed by atoms with Crippen LogP contribution in [0.3, 0.4) is 0 Å². The second kappa shape index (κ2) is 13.6. The third-order valence-corrected chi connectivity index (χ3v) is 6.53. The first kappa shape index (κ1) is 30.2. The van der Waals surface area contributed by atoms with Crippen molar-refractivity contribution < 1.29 is 29.4 Å². The number of hydrogen-bond donors (Lipinski definition) is 7. The molecule has 1 aromatic heterocycles. The zero-order chi connectivity index (χ0) is 29.4. The van der Waals surface area contributed by atoms with Crippen LogP contribution in [-0.2, 0) is 32.0 Å². The van der Waals surface area contributed by atoms with E-state index < -0.39 is 47.9 Å². The Morgan fingerprint density at radius 2 is 1.48 bits per heavy atom. The monoisotopic (exact) mass is 551 g/mol. The smallest absolute Gasteiger partial charge is 0.325 e. The number of fused-ring (bicyclic) bond motifs is 1. The summed E-state index contributed by atoms with van der Waals surface area (Å²) >= 11 is 0. The van der Waals surface area contributed by atoms with Crippen molar-refractivity contribution in [1.82, 2.24) is 20.9 Å². The zero-order valence-electron chi connectivity index (χ0n) is 22.8. The normalized spacial score (nSPS) is 14.2. The molecular formula is C29H37N5O6. The van der Waals surface area contributed by atoms with E-state index in [1.54, 1.807) is 18.3 Å². The standard InChI is InChI=1S/C29H37N5O6/c1-16(2)12-24(33-26(36)22(30)14-19-15-31-23-7-5-4-6-21(19)23)28(38)34-25(27(37)32-17(3)29(39)40)13-18-8-10-20(35)11-9-18/h4-11,15-17,22,24-25,31,35H,12-14,30H2,1-3H3,(H,32,37)(H,33,36)(H,34,38)(H,39,40). The highest BCUT2D eigenvalue weighted by molar-refractivity contribution is 5.94. The number of phenolic OH excluding ortho intramolecular Hbond substituents is 1. The molecule has 2 aromatic carbocycles. The molecule has 40 heavy (non-hydrogen) atoms. The van der Waals surface area contributed by atoms with Gasteiger partial charge >= 0.3 is 5.97 Å². The third kappa shape index (κ3) is 8.31. The number of phenols is 1. The number of nitrogens with one attached hydrogen (secondary N) is 4. The van der Waals surface area contributed by atoms with Crippen LogP contribution in [0.4, 0.5) is 0 Å². The molecule has 0 saturated heterocycles. The lowest BCUT2D eigenvalue weighted by Crippen LogP contribution is -2.57. The van der Waals surface area contributed by atoms with Crippen LogP contribution in [0.5, 0.6) is 5.75 Å². The summed E-state index contributed by atoms with van der Waals surface area (Å²) in [6.45, 7) is 5.11. The van der Waals surface area contributed by atoms with E-state index in [0.717, 1.165) is 16.5 Å². The van der Waals surface area contributed by atoms with Crippen LogP contribution in [0.1, 0.15) is 38.3 Å². The van der Waals surface area contributed by atoms with Gasteiger partial charge in [-0.1, -0.05) is 44.2 Å². The Bertz CT molecular complexity index is 1340. The highest BCUT2D eigenvalue weighted by Gasteiger charge is 2.30. The van der Waals surface area contributed by atoms with Crippen molar-refractivity contribution in [2.24, 2.45) is 11.7 Å². The molecule has 0 fully saturated rings. The Morgan fingerprint density at radius 1 is 0.850 bits per heavy atom. The number of aliphatic carboxylic acids is 1. The maximum absolute atomic E-state index is 13.4. The summed E-state index contributed by atoms with van der Waals surface area (Å²) in [5.74, 6) is -2.96. The van der Waals surface area contributed by atoms with Gasteiger partial charge in [0.15, 0.2) is 0 Å². The van der Waals surface area contributed by atoms with Crippen molar-refractivity contribution in [3.05, 3.63) is 65.9 Å². The van der Waals surface area contributed by atoms with E-state index in [1.807, 2.05) is 38.1 Å². The maximum Gasteiger partial charge on any atom is 0.325 e. The number of aromatic amines is 1. The van der Waals surface area contributed by atoms with Gasteiger partial charge in [-0.15, -0.1) is 0 Å². The fourth-order valence-electron chi connectivity index (χ4n) is 4.34. The van der Waals surface area contributed by atoms with Gasteiger partial charge in [-0.3, -0.25) is 19.2 Å². The molecule has 3 rings (SSSR count). The van der Waals surface area contributed by atoms with Crippen molar-refractivity contribution >= 4 is 34.6 Å². The number of rotatable bonds is 13. The van der Waals surface area contributed by atoms with Gasteiger partial charge in [0.2, 0.25) is 17.7 Å². The van der Waals surface area contributed by atoms with Crippen LogP contribution in [0.25, 0.3) is 10.9 Å². The number of carbonyl (C=O) groups is 4. The van der Waals surface area contributed by atoms with Crippen molar-refractivity contribution in [3.63, 3.8) is 0 Å². The molecule has 0 aliphatic heterocycles. The minimum absolute atomic E-state index is 0.0253. The SMILES string of the molecule is CC(C)CC(NC(=O)C(N)Cc1c[nH]c2ccccc12)C(=O)NC(Cc1ccc(O)cc1)C(=O)NC(C)C(=O)O. The Labute approximate surface area is 232 Å². The lowest BCUT2D eigenvalue weighted by Gasteiger charge is -2.26. The highest BCUT2D eigenvalue weighted by Crippen LogP contribution is 2.19. The molecule has 11 heteroatoms. The average molecular weight is 552 g/mol. The van der Waals surface area contributed by atoms with Gasteiger partial charge in [-0.25, -0.2) is 0 Å². The summed E-state index contributed by atoms with van der Waals surface area (Å²) in [6.07, 6.45) is 2.38. The second-order valence-electron chi connectivity index (χ2n) is 10.4. The first-order valence-corrected chi connectivity index (χ1v) is 13.2. The number of amides is 3. The van der Waals surface area contributed by atoms with Crippen LogP contribution in [-0.4, -0.2) is 63.1 Å². The predicted molar refractivity (Wildman–Crippen MR) is 150 cm³/mol. The van der Waals surface area contributed by atoms with Crippen LogP contribution >= 0.6 is 0 Å². The van der Waals surface area contributed by atoms with Gasteiger partial charge in [0, 0.05) is 23.5 Å². The van der Waals surface area contributed by atoms with Crippen LogP contribution in [0, 0.1) is 5.92 Å². The fraction of sp³-hybridized carbons (Fsp3) is 0.379. The molecular weight excluding hydrogens is 514 g/mol. The Kier molecular flexibility index (Phi) is 10.3. The molecule has 3 aromatic rings. The number of benzene rings is 2. The van der Waals surface area contributed by atoms with Gasteiger partial charge in [-0.2, -0.15) is 0 Å². The van der Waals surface area contributed by atoms with E-state index in [1.165, 1.54) is 19.1 Å².